The van der Waals surface area contributed by atoms with Crippen LogP contribution in [0, 0.1) is 5.92 Å². The molecule has 1 aliphatic carbocycles. The first-order valence-corrected chi connectivity index (χ1v) is 8.86. The lowest BCUT2D eigenvalue weighted by Crippen LogP contribution is -2.50. The Morgan fingerprint density at radius 2 is 1.86 bits per heavy atom. The third-order valence-electron chi connectivity index (χ3n) is 5.47. The second-order valence-electron chi connectivity index (χ2n) is 7.00. The number of ether oxygens (including phenoxy) is 1. The van der Waals surface area contributed by atoms with E-state index in [0.29, 0.717) is 12.1 Å². The standard InChI is InChI=1S/C17H30N2O2/c1-3-18-10-4-6-15(18)16-7-5-11-19(16)17(20)13(2)21-12-14-8-9-14/h13-16H,3-12H2,1-2H3/t13-,15+,16-/m0/s1. The first-order valence-electron chi connectivity index (χ1n) is 8.86. The summed E-state index contributed by atoms with van der Waals surface area (Å²) in [5, 5.41) is 0. The molecule has 1 saturated carbocycles. The highest BCUT2D eigenvalue weighted by Crippen LogP contribution is 2.31. The van der Waals surface area contributed by atoms with Gasteiger partial charge in [-0.1, -0.05) is 6.92 Å². The molecule has 3 atom stereocenters. The summed E-state index contributed by atoms with van der Waals surface area (Å²) < 4.78 is 5.80. The van der Waals surface area contributed by atoms with Crippen LogP contribution in [0.1, 0.15) is 52.4 Å². The lowest BCUT2D eigenvalue weighted by molar-refractivity contribution is -0.144. The average Bonchev–Trinajstić information content (AvgIpc) is 3.02. The average molecular weight is 294 g/mol. The van der Waals surface area contributed by atoms with Gasteiger partial charge in [-0.2, -0.15) is 0 Å². The minimum atomic E-state index is -0.261. The zero-order chi connectivity index (χ0) is 14.8. The molecule has 2 saturated heterocycles. The van der Waals surface area contributed by atoms with Gasteiger partial charge in [0, 0.05) is 18.6 Å². The van der Waals surface area contributed by atoms with Crippen LogP contribution < -0.4 is 0 Å². The van der Waals surface area contributed by atoms with Crippen LogP contribution in [0.25, 0.3) is 0 Å². The summed E-state index contributed by atoms with van der Waals surface area (Å²) in [6.45, 7) is 8.18. The summed E-state index contributed by atoms with van der Waals surface area (Å²) in [6.07, 6.45) is 7.15. The van der Waals surface area contributed by atoms with E-state index < -0.39 is 0 Å². The molecule has 3 aliphatic rings. The molecule has 0 N–H and O–H groups in total. The van der Waals surface area contributed by atoms with Gasteiger partial charge in [0.05, 0.1) is 6.61 Å². The van der Waals surface area contributed by atoms with Crippen LogP contribution in [0.5, 0.6) is 0 Å². The van der Waals surface area contributed by atoms with Crippen molar-refractivity contribution in [3.8, 4) is 0 Å². The number of rotatable bonds is 6. The zero-order valence-corrected chi connectivity index (χ0v) is 13.6. The van der Waals surface area contributed by atoms with E-state index in [9.17, 15) is 4.79 Å². The molecule has 4 heteroatoms. The number of hydrogen-bond donors (Lipinski definition) is 0. The van der Waals surface area contributed by atoms with Crippen LogP contribution in [0.4, 0.5) is 0 Å². The fraction of sp³-hybridized carbons (Fsp3) is 0.941. The first kappa shape index (κ1) is 15.3. The Morgan fingerprint density at radius 3 is 2.57 bits per heavy atom. The van der Waals surface area contributed by atoms with Gasteiger partial charge in [0.25, 0.3) is 5.91 Å². The van der Waals surface area contributed by atoms with Gasteiger partial charge in [-0.05, 0) is 64.5 Å². The number of carbonyl (C=O) groups is 1. The molecule has 120 valence electrons. The summed E-state index contributed by atoms with van der Waals surface area (Å²) in [7, 11) is 0. The number of likely N-dealkylation sites (N-methyl/N-ethyl adjacent to an activating group) is 1. The topological polar surface area (TPSA) is 32.8 Å². The molecule has 0 aromatic heterocycles. The van der Waals surface area contributed by atoms with Crippen molar-refractivity contribution in [2.45, 2.75) is 70.6 Å². The molecule has 0 unspecified atom stereocenters. The fourth-order valence-electron chi connectivity index (χ4n) is 4.02. The molecule has 0 radical (unpaired) electrons. The second-order valence-corrected chi connectivity index (χ2v) is 7.00. The maximum Gasteiger partial charge on any atom is 0.251 e. The smallest absolute Gasteiger partial charge is 0.251 e. The lowest BCUT2D eigenvalue weighted by atomic mass is 10.0. The van der Waals surface area contributed by atoms with Crippen molar-refractivity contribution in [3.05, 3.63) is 0 Å². The Morgan fingerprint density at radius 1 is 1.14 bits per heavy atom. The second kappa shape index (κ2) is 6.66. The van der Waals surface area contributed by atoms with Gasteiger partial charge < -0.3 is 9.64 Å². The predicted molar refractivity (Wildman–Crippen MR) is 83.1 cm³/mol. The van der Waals surface area contributed by atoms with E-state index >= 15 is 0 Å². The van der Waals surface area contributed by atoms with E-state index in [1.807, 2.05) is 6.92 Å². The molecular weight excluding hydrogens is 264 g/mol. The van der Waals surface area contributed by atoms with Crippen molar-refractivity contribution in [1.82, 2.24) is 9.80 Å². The maximum atomic E-state index is 12.7. The van der Waals surface area contributed by atoms with Crippen molar-refractivity contribution >= 4 is 5.91 Å². The SMILES string of the molecule is CCN1CCC[C@@H]1[C@@H]1CCCN1C(=O)[C@H](C)OCC1CC1. The van der Waals surface area contributed by atoms with Gasteiger partial charge in [-0.15, -0.1) is 0 Å². The van der Waals surface area contributed by atoms with Crippen LogP contribution in [0.15, 0.2) is 0 Å². The highest BCUT2D eigenvalue weighted by molar-refractivity contribution is 5.81. The van der Waals surface area contributed by atoms with E-state index in [0.717, 1.165) is 32.0 Å². The third kappa shape index (κ3) is 3.42. The van der Waals surface area contributed by atoms with E-state index in [1.165, 1.54) is 38.6 Å². The molecule has 2 heterocycles. The van der Waals surface area contributed by atoms with Crippen LogP contribution in [-0.2, 0) is 9.53 Å². The quantitative estimate of drug-likeness (QED) is 0.753. The number of likely N-dealkylation sites (tertiary alicyclic amines) is 2. The minimum Gasteiger partial charge on any atom is -0.368 e. The fourth-order valence-corrected chi connectivity index (χ4v) is 4.02. The molecule has 4 nitrogen and oxygen atoms in total. The zero-order valence-electron chi connectivity index (χ0n) is 13.6. The number of hydrogen-bond acceptors (Lipinski definition) is 3. The normalized spacial score (nSPS) is 31.8. The van der Waals surface area contributed by atoms with Crippen LogP contribution >= 0.6 is 0 Å². The molecule has 1 amide bonds. The predicted octanol–water partition coefficient (Wildman–Crippen LogP) is 2.28. The van der Waals surface area contributed by atoms with E-state index in [-0.39, 0.29) is 12.0 Å². The molecule has 2 aliphatic heterocycles. The highest BCUT2D eigenvalue weighted by Gasteiger charge is 2.40. The number of amides is 1. The number of nitrogens with zero attached hydrogens (tertiary/aromatic N) is 2. The Balaban J connectivity index is 1.58. The molecule has 0 aromatic rings. The third-order valence-corrected chi connectivity index (χ3v) is 5.47. The highest BCUT2D eigenvalue weighted by atomic mass is 16.5. The largest absolute Gasteiger partial charge is 0.368 e. The van der Waals surface area contributed by atoms with Crippen molar-refractivity contribution < 1.29 is 9.53 Å². The Labute approximate surface area is 128 Å². The van der Waals surface area contributed by atoms with Gasteiger partial charge in [-0.3, -0.25) is 9.69 Å². The summed E-state index contributed by atoms with van der Waals surface area (Å²) in [5.41, 5.74) is 0. The lowest BCUT2D eigenvalue weighted by Gasteiger charge is -2.35. The maximum absolute atomic E-state index is 12.7. The van der Waals surface area contributed by atoms with Gasteiger partial charge in [0.15, 0.2) is 0 Å². The van der Waals surface area contributed by atoms with Crippen molar-refractivity contribution in [2.75, 3.05) is 26.2 Å². The summed E-state index contributed by atoms with van der Waals surface area (Å²) in [6, 6.07) is 1.00. The monoisotopic (exact) mass is 294 g/mol. The van der Waals surface area contributed by atoms with E-state index in [2.05, 4.69) is 16.7 Å². The molecule has 3 rings (SSSR count). The van der Waals surface area contributed by atoms with Gasteiger partial charge in [0.1, 0.15) is 6.10 Å². The first-order chi connectivity index (χ1) is 10.2. The van der Waals surface area contributed by atoms with E-state index in [1.54, 1.807) is 0 Å². The van der Waals surface area contributed by atoms with E-state index in [4.69, 9.17) is 4.74 Å². The molecule has 0 bridgehead atoms. The molecule has 3 fully saturated rings. The van der Waals surface area contributed by atoms with Gasteiger partial charge >= 0.3 is 0 Å². The van der Waals surface area contributed by atoms with Crippen LogP contribution in [-0.4, -0.2) is 60.1 Å². The van der Waals surface area contributed by atoms with Crippen LogP contribution in [0.3, 0.4) is 0 Å². The molecule has 21 heavy (non-hydrogen) atoms. The van der Waals surface area contributed by atoms with Crippen molar-refractivity contribution in [2.24, 2.45) is 5.92 Å². The molecule has 0 spiro atoms. The summed E-state index contributed by atoms with van der Waals surface area (Å²) in [5.74, 6) is 0.946. The van der Waals surface area contributed by atoms with Crippen molar-refractivity contribution in [1.29, 1.82) is 0 Å². The Kier molecular flexibility index (Phi) is 4.85. The Hall–Kier alpha value is -0.610. The molecule has 0 aromatic carbocycles. The Bertz CT molecular complexity index is 370. The minimum absolute atomic E-state index is 0.223. The van der Waals surface area contributed by atoms with Gasteiger partial charge in [0.2, 0.25) is 0 Å². The van der Waals surface area contributed by atoms with Crippen molar-refractivity contribution in [3.63, 3.8) is 0 Å². The number of carbonyl (C=O) groups excluding carboxylic acids is 1. The summed E-state index contributed by atoms with van der Waals surface area (Å²) >= 11 is 0. The summed E-state index contributed by atoms with van der Waals surface area (Å²) in [4.78, 5) is 17.4. The van der Waals surface area contributed by atoms with Crippen LogP contribution in [0.2, 0.25) is 0 Å². The van der Waals surface area contributed by atoms with Gasteiger partial charge in [-0.25, -0.2) is 0 Å². The molecular formula is C17H30N2O2.